The van der Waals surface area contributed by atoms with Crippen LogP contribution in [-0.4, -0.2) is 87.5 Å². The smallest absolute Gasteiger partial charge is 0.220 e. The van der Waals surface area contributed by atoms with Gasteiger partial charge in [-0.15, -0.1) is 0 Å². The summed E-state index contributed by atoms with van der Waals surface area (Å²) in [6.07, 6.45) is 65.3. The Morgan fingerprint density at radius 2 is 0.887 bits per heavy atom. The average Bonchev–Trinajstić information content (AvgIpc) is 3.37. The van der Waals surface area contributed by atoms with Crippen LogP contribution >= 0.6 is 0 Å². The molecular weight excluding hydrogens is 887 g/mol. The second-order valence-corrected chi connectivity index (χ2v) is 20.0. The maximum atomic E-state index is 13.0. The number of carbonyl (C=O) groups excluding carboxylic acids is 1. The SMILES string of the molecule is CC/C=C\C/C=C\C/C=C\C/C=C\C/C=C\CCCCCCCCCCCCCCCCCCCCCC(=O)NC(COC1OC(CO)C(O)C(O)C1O)C(O)/C=C/CC/C=C/CCCCCCCCC. The second kappa shape index (κ2) is 50.9. The number of hydrogen-bond acceptors (Lipinski definition) is 8. The lowest BCUT2D eigenvalue weighted by Gasteiger charge is -2.40. The first-order chi connectivity index (χ1) is 34.8. The highest BCUT2D eigenvalue weighted by molar-refractivity contribution is 5.76. The van der Waals surface area contributed by atoms with Crippen LogP contribution in [0.5, 0.6) is 0 Å². The van der Waals surface area contributed by atoms with E-state index in [1.54, 1.807) is 6.08 Å². The van der Waals surface area contributed by atoms with Crippen LogP contribution in [0.1, 0.15) is 245 Å². The molecule has 1 rings (SSSR count). The molecule has 0 saturated carbocycles. The minimum Gasteiger partial charge on any atom is -0.394 e. The highest BCUT2D eigenvalue weighted by Crippen LogP contribution is 2.23. The van der Waals surface area contributed by atoms with Gasteiger partial charge in [0.15, 0.2) is 6.29 Å². The van der Waals surface area contributed by atoms with Gasteiger partial charge >= 0.3 is 0 Å². The number of hydrogen-bond donors (Lipinski definition) is 6. The van der Waals surface area contributed by atoms with Crippen molar-refractivity contribution in [2.75, 3.05) is 13.2 Å². The average molecular weight is 997 g/mol. The van der Waals surface area contributed by atoms with Gasteiger partial charge in [-0.1, -0.05) is 247 Å². The fraction of sp³-hybridized carbons (Fsp3) is 0.758. The molecule has 9 nitrogen and oxygen atoms in total. The first-order valence-corrected chi connectivity index (χ1v) is 29.3. The van der Waals surface area contributed by atoms with E-state index in [1.807, 2.05) is 6.08 Å². The number of aliphatic hydroxyl groups is 5. The van der Waals surface area contributed by atoms with Crippen molar-refractivity contribution in [3.63, 3.8) is 0 Å². The van der Waals surface area contributed by atoms with Crippen LogP contribution in [0.25, 0.3) is 0 Å². The fourth-order valence-corrected chi connectivity index (χ4v) is 8.85. The number of aliphatic hydroxyl groups excluding tert-OH is 5. The van der Waals surface area contributed by atoms with E-state index in [2.05, 4.69) is 92.1 Å². The maximum Gasteiger partial charge on any atom is 0.220 e. The van der Waals surface area contributed by atoms with E-state index < -0.39 is 49.5 Å². The molecule has 0 aromatic heterocycles. The van der Waals surface area contributed by atoms with E-state index in [1.165, 1.54) is 154 Å². The van der Waals surface area contributed by atoms with E-state index in [0.717, 1.165) is 70.6 Å². The number of unbranched alkanes of at least 4 members (excludes halogenated alkanes) is 27. The summed E-state index contributed by atoms with van der Waals surface area (Å²) < 4.78 is 11.2. The molecule has 410 valence electrons. The van der Waals surface area contributed by atoms with E-state index in [0.29, 0.717) is 6.42 Å². The monoisotopic (exact) mass is 996 g/mol. The summed E-state index contributed by atoms with van der Waals surface area (Å²) in [5.74, 6) is -0.187. The lowest BCUT2D eigenvalue weighted by atomic mass is 9.99. The Balaban J connectivity index is 2.11. The van der Waals surface area contributed by atoms with Crippen LogP contribution < -0.4 is 5.32 Å². The van der Waals surface area contributed by atoms with Crippen LogP contribution in [0.15, 0.2) is 85.1 Å². The predicted octanol–water partition coefficient (Wildman–Crippen LogP) is 14.6. The summed E-state index contributed by atoms with van der Waals surface area (Å²) in [6, 6.07) is -0.823. The van der Waals surface area contributed by atoms with Crippen molar-refractivity contribution in [1.29, 1.82) is 0 Å². The van der Waals surface area contributed by atoms with Gasteiger partial charge in [0.25, 0.3) is 0 Å². The molecule has 1 aliphatic heterocycles. The third-order valence-electron chi connectivity index (χ3n) is 13.5. The van der Waals surface area contributed by atoms with Crippen molar-refractivity contribution in [1.82, 2.24) is 5.32 Å². The lowest BCUT2D eigenvalue weighted by molar-refractivity contribution is -0.302. The normalized spacial score (nSPS) is 19.9. The molecule has 6 N–H and O–H groups in total. The van der Waals surface area contributed by atoms with Crippen LogP contribution in [0, 0.1) is 0 Å². The van der Waals surface area contributed by atoms with Crippen LogP contribution in [0.4, 0.5) is 0 Å². The first-order valence-electron chi connectivity index (χ1n) is 29.3. The van der Waals surface area contributed by atoms with Gasteiger partial charge < -0.3 is 40.3 Å². The van der Waals surface area contributed by atoms with Crippen molar-refractivity contribution in [2.24, 2.45) is 0 Å². The molecule has 0 aromatic carbocycles. The standard InChI is InChI=1S/C62H109NO8/c1-3-5-7-9-11-13-15-17-18-19-20-21-22-23-24-25-26-27-28-29-30-31-32-33-34-35-36-37-38-40-42-44-46-48-50-52-58(66)63-55(54-70-62-61(69)60(68)59(67)57(53-64)71-62)56(65)51-49-47-45-43-41-39-16-14-12-10-8-6-4-2/h5,7,11,13,17-18,20-21,23-24,41,43,49,51,55-57,59-62,64-65,67-69H,3-4,6,8-10,12,14-16,19,22,25-40,42,44-48,50,52-54H2,1-2H3,(H,63,66)/b7-5-,13-11-,18-17-,21-20-,24-23-,43-41+,51-49+. The molecule has 1 amide bonds. The molecule has 7 unspecified atom stereocenters. The van der Waals surface area contributed by atoms with Gasteiger partial charge in [0.2, 0.25) is 5.91 Å². The van der Waals surface area contributed by atoms with Crippen LogP contribution in [-0.2, 0) is 14.3 Å². The summed E-state index contributed by atoms with van der Waals surface area (Å²) in [6.45, 7) is 3.64. The molecule has 0 radical (unpaired) electrons. The number of ether oxygens (including phenoxy) is 2. The van der Waals surface area contributed by atoms with Gasteiger partial charge in [-0.05, 0) is 77.0 Å². The Morgan fingerprint density at radius 1 is 0.493 bits per heavy atom. The van der Waals surface area contributed by atoms with Gasteiger partial charge in [-0.25, -0.2) is 0 Å². The van der Waals surface area contributed by atoms with Crippen molar-refractivity contribution < 1.29 is 39.8 Å². The Morgan fingerprint density at radius 3 is 1.35 bits per heavy atom. The summed E-state index contributed by atoms with van der Waals surface area (Å²) in [5, 5.41) is 54.4. The van der Waals surface area contributed by atoms with Crippen molar-refractivity contribution in [2.45, 2.75) is 288 Å². The van der Waals surface area contributed by atoms with E-state index >= 15 is 0 Å². The zero-order chi connectivity index (χ0) is 51.5. The van der Waals surface area contributed by atoms with E-state index in [4.69, 9.17) is 9.47 Å². The third-order valence-corrected chi connectivity index (χ3v) is 13.5. The van der Waals surface area contributed by atoms with Gasteiger partial charge in [-0.3, -0.25) is 4.79 Å². The lowest BCUT2D eigenvalue weighted by Crippen LogP contribution is -2.60. The summed E-state index contributed by atoms with van der Waals surface area (Å²) in [5.41, 5.74) is 0. The highest BCUT2D eigenvalue weighted by atomic mass is 16.7. The molecular formula is C62H109NO8. The predicted molar refractivity (Wildman–Crippen MR) is 299 cm³/mol. The van der Waals surface area contributed by atoms with Crippen molar-refractivity contribution in [3.8, 4) is 0 Å². The molecule has 71 heavy (non-hydrogen) atoms. The van der Waals surface area contributed by atoms with Crippen LogP contribution in [0.2, 0.25) is 0 Å². The molecule has 0 aliphatic carbocycles. The summed E-state index contributed by atoms with van der Waals surface area (Å²) >= 11 is 0. The van der Waals surface area contributed by atoms with Gasteiger partial charge in [0.05, 0.1) is 25.4 Å². The zero-order valence-corrected chi connectivity index (χ0v) is 45.5. The molecule has 1 saturated heterocycles. The largest absolute Gasteiger partial charge is 0.394 e. The fourth-order valence-electron chi connectivity index (χ4n) is 8.85. The van der Waals surface area contributed by atoms with E-state index in [-0.39, 0.29) is 12.5 Å². The minimum absolute atomic E-state index is 0.187. The first kappa shape index (κ1) is 66.4. The Bertz CT molecular complexity index is 1390. The topological polar surface area (TPSA) is 149 Å². The number of carbonyl (C=O) groups is 1. The second-order valence-electron chi connectivity index (χ2n) is 20.0. The molecule has 7 atom stereocenters. The molecule has 1 heterocycles. The highest BCUT2D eigenvalue weighted by Gasteiger charge is 2.44. The number of amides is 1. The third kappa shape index (κ3) is 40.4. The molecule has 0 spiro atoms. The van der Waals surface area contributed by atoms with Crippen molar-refractivity contribution >= 4 is 5.91 Å². The number of nitrogens with one attached hydrogen (secondary N) is 1. The van der Waals surface area contributed by atoms with E-state index in [9.17, 15) is 30.3 Å². The minimum atomic E-state index is -1.57. The molecule has 9 heteroatoms. The van der Waals surface area contributed by atoms with Gasteiger partial charge in [-0.2, -0.15) is 0 Å². The zero-order valence-electron chi connectivity index (χ0n) is 45.5. The molecule has 0 bridgehead atoms. The number of allylic oxidation sites excluding steroid dienone is 13. The molecule has 1 aliphatic rings. The van der Waals surface area contributed by atoms with Crippen molar-refractivity contribution in [3.05, 3.63) is 85.1 Å². The Labute approximate surface area is 435 Å². The Kier molecular flexibility index (Phi) is 47.6. The summed E-state index contributed by atoms with van der Waals surface area (Å²) in [7, 11) is 0. The molecule has 1 fully saturated rings. The summed E-state index contributed by atoms with van der Waals surface area (Å²) in [4.78, 5) is 13.0. The van der Waals surface area contributed by atoms with Gasteiger partial charge in [0, 0.05) is 6.42 Å². The Hall–Kier alpha value is -2.63. The van der Waals surface area contributed by atoms with Gasteiger partial charge in [0.1, 0.15) is 24.4 Å². The quantitative estimate of drug-likeness (QED) is 0.0261. The van der Waals surface area contributed by atoms with Crippen LogP contribution in [0.3, 0.4) is 0 Å². The maximum absolute atomic E-state index is 13.0. The number of rotatable bonds is 49. The molecule has 0 aromatic rings.